The zero-order chi connectivity index (χ0) is 15.0. The van der Waals surface area contributed by atoms with Gasteiger partial charge in [-0.15, -0.1) is 0 Å². The molecule has 0 heterocycles. The van der Waals surface area contributed by atoms with Gasteiger partial charge in [0.05, 0.1) is 0 Å². The first-order valence-electron chi connectivity index (χ1n) is 6.43. The van der Waals surface area contributed by atoms with Gasteiger partial charge >= 0.3 is 0 Å². The van der Waals surface area contributed by atoms with Gasteiger partial charge in [-0.3, -0.25) is 14.9 Å². The molecule has 1 amide bonds. The van der Waals surface area contributed by atoms with Gasteiger partial charge in [0.15, 0.2) is 3.79 Å². The van der Waals surface area contributed by atoms with Crippen LogP contribution in [0.25, 0.3) is 0 Å². The lowest BCUT2D eigenvalue weighted by Gasteiger charge is -2.12. The fraction of sp³-hybridized carbons (Fsp3) is 0.429. The third kappa shape index (κ3) is 7.56. The summed E-state index contributed by atoms with van der Waals surface area (Å²) in [6, 6.07) is 7.52. The summed E-state index contributed by atoms with van der Waals surface area (Å²) in [7, 11) is 0. The second-order valence-electron chi connectivity index (χ2n) is 4.49. The average molecular weight is 390 g/mol. The van der Waals surface area contributed by atoms with E-state index in [4.69, 9.17) is 0 Å². The first-order chi connectivity index (χ1) is 9.47. The standard InChI is InChI=1S/C14H19IN2O3/c1-10(18)17-12-5-2-11(3-6-12)4-7-14(20)16-9-8-13(15)19/h2-3,5-6,14,16,20H,4,7-9H2,1H3,(H,17,18). The third-order valence-electron chi connectivity index (χ3n) is 2.68. The van der Waals surface area contributed by atoms with Crippen molar-refractivity contribution in [3.63, 3.8) is 0 Å². The molecule has 0 saturated carbocycles. The number of aliphatic hydroxyl groups is 1. The quantitative estimate of drug-likeness (QED) is 0.360. The Morgan fingerprint density at radius 2 is 1.95 bits per heavy atom. The van der Waals surface area contributed by atoms with Crippen molar-refractivity contribution >= 4 is 38.0 Å². The van der Waals surface area contributed by atoms with E-state index in [9.17, 15) is 14.7 Å². The normalized spacial score (nSPS) is 11.9. The second kappa shape index (κ2) is 9.04. The van der Waals surface area contributed by atoms with Crippen LogP contribution in [-0.2, 0) is 16.0 Å². The molecule has 5 nitrogen and oxygen atoms in total. The Morgan fingerprint density at radius 1 is 1.30 bits per heavy atom. The highest BCUT2D eigenvalue weighted by Gasteiger charge is 2.05. The molecule has 1 unspecified atom stereocenters. The van der Waals surface area contributed by atoms with E-state index in [-0.39, 0.29) is 9.70 Å². The largest absolute Gasteiger partial charge is 0.379 e. The van der Waals surface area contributed by atoms with Gasteiger partial charge in [-0.2, -0.15) is 0 Å². The Morgan fingerprint density at radius 3 is 2.50 bits per heavy atom. The molecule has 0 bridgehead atoms. The van der Waals surface area contributed by atoms with Gasteiger partial charge in [-0.25, -0.2) is 0 Å². The molecule has 20 heavy (non-hydrogen) atoms. The smallest absolute Gasteiger partial charge is 0.221 e. The molecule has 1 atom stereocenters. The lowest BCUT2D eigenvalue weighted by Crippen LogP contribution is -2.30. The molecular formula is C14H19IN2O3. The summed E-state index contributed by atoms with van der Waals surface area (Å²) >= 11 is 1.74. The summed E-state index contributed by atoms with van der Waals surface area (Å²) in [6.45, 7) is 1.96. The van der Waals surface area contributed by atoms with Gasteiger partial charge in [-0.1, -0.05) is 12.1 Å². The molecule has 0 aliphatic carbocycles. The second-order valence-corrected chi connectivity index (χ2v) is 5.70. The predicted octanol–water partition coefficient (Wildman–Crippen LogP) is 1.84. The number of rotatable bonds is 8. The summed E-state index contributed by atoms with van der Waals surface area (Å²) in [5.74, 6) is -0.0952. The maximum atomic E-state index is 10.9. The minimum absolute atomic E-state index is 0.0795. The Labute approximate surface area is 132 Å². The molecule has 0 radical (unpaired) electrons. The number of aryl methyl sites for hydroxylation is 1. The SMILES string of the molecule is CC(=O)Nc1ccc(CCC(O)NCCC(=O)I)cc1. The van der Waals surface area contributed by atoms with Crippen molar-refractivity contribution < 1.29 is 14.7 Å². The number of carbonyl (C=O) groups excluding carboxylic acids is 2. The molecule has 0 aromatic heterocycles. The molecule has 110 valence electrons. The Balaban J connectivity index is 2.30. The van der Waals surface area contributed by atoms with E-state index in [2.05, 4.69) is 10.6 Å². The first-order valence-corrected chi connectivity index (χ1v) is 7.51. The molecule has 0 fully saturated rings. The Hall–Kier alpha value is -0.990. The molecular weight excluding hydrogens is 371 g/mol. The molecule has 1 aromatic rings. The fourth-order valence-corrected chi connectivity index (χ4v) is 1.97. The monoisotopic (exact) mass is 390 g/mol. The summed E-state index contributed by atoms with van der Waals surface area (Å²) in [5, 5.41) is 15.3. The van der Waals surface area contributed by atoms with Crippen molar-refractivity contribution in [3.05, 3.63) is 29.8 Å². The van der Waals surface area contributed by atoms with Gasteiger partial charge in [0.2, 0.25) is 5.91 Å². The summed E-state index contributed by atoms with van der Waals surface area (Å²) in [4.78, 5) is 21.6. The maximum Gasteiger partial charge on any atom is 0.221 e. The number of aliphatic hydroxyl groups excluding tert-OH is 1. The number of hydrogen-bond acceptors (Lipinski definition) is 4. The van der Waals surface area contributed by atoms with Crippen LogP contribution < -0.4 is 10.6 Å². The third-order valence-corrected chi connectivity index (χ3v) is 3.22. The van der Waals surface area contributed by atoms with Crippen LogP contribution in [0.4, 0.5) is 5.69 Å². The van der Waals surface area contributed by atoms with E-state index >= 15 is 0 Å². The molecule has 1 aromatic carbocycles. The van der Waals surface area contributed by atoms with Gasteiger partial charge in [0.25, 0.3) is 0 Å². The van der Waals surface area contributed by atoms with Crippen molar-refractivity contribution in [1.29, 1.82) is 0 Å². The lowest BCUT2D eigenvalue weighted by molar-refractivity contribution is -0.114. The van der Waals surface area contributed by atoms with Crippen molar-refractivity contribution in [2.75, 3.05) is 11.9 Å². The maximum absolute atomic E-state index is 10.9. The number of halogens is 1. The average Bonchev–Trinajstić information content (AvgIpc) is 2.37. The van der Waals surface area contributed by atoms with Gasteiger partial charge in [0, 0.05) is 25.6 Å². The summed E-state index contributed by atoms with van der Waals surface area (Å²) in [6.07, 6.45) is 1.12. The molecule has 1 rings (SSSR count). The summed E-state index contributed by atoms with van der Waals surface area (Å²) in [5.41, 5.74) is 1.85. The van der Waals surface area contributed by atoms with Crippen LogP contribution in [0.2, 0.25) is 0 Å². The van der Waals surface area contributed by atoms with E-state index < -0.39 is 6.23 Å². The topological polar surface area (TPSA) is 78.4 Å². The van der Waals surface area contributed by atoms with Gasteiger partial charge in [0.1, 0.15) is 6.23 Å². The first kappa shape index (κ1) is 17.1. The van der Waals surface area contributed by atoms with Crippen molar-refractivity contribution in [3.8, 4) is 0 Å². The van der Waals surface area contributed by atoms with Crippen LogP contribution in [0.5, 0.6) is 0 Å². The zero-order valence-electron chi connectivity index (χ0n) is 11.4. The molecule has 0 spiro atoms. The molecule has 6 heteroatoms. The van der Waals surface area contributed by atoms with Crippen LogP contribution in [0.1, 0.15) is 25.3 Å². The highest BCUT2D eigenvalue weighted by atomic mass is 127. The van der Waals surface area contributed by atoms with Crippen molar-refractivity contribution in [2.24, 2.45) is 0 Å². The van der Waals surface area contributed by atoms with Crippen LogP contribution >= 0.6 is 22.6 Å². The highest BCUT2D eigenvalue weighted by Crippen LogP contribution is 2.11. The molecule has 0 aliphatic heterocycles. The van der Waals surface area contributed by atoms with Crippen LogP contribution in [0.3, 0.4) is 0 Å². The number of amides is 1. The van der Waals surface area contributed by atoms with Crippen LogP contribution in [-0.4, -0.2) is 27.6 Å². The van der Waals surface area contributed by atoms with E-state index in [0.29, 0.717) is 19.4 Å². The van der Waals surface area contributed by atoms with E-state index in [1.807, 2.05) is 24.3 Å². The fourth-order valence-electron chi connectivity index (χ4n) is 1.70. The van der Waals surface area contributed by atoms with Crippen molar-refractivity contribution in [2.45, 2.75) is 32.4 Å². The van der Waals surface area contributed by atoms with Gasteiger partial charge < -0.3 is 10.4 Å². The molecule has 0 aliphatic rings. The minimum atomic E-state index is -0.610. The highest BCUT2D eigenvalue weighted by molar-refractivity contribution is 14.1. The minimum Gasteiger partial charge on any atom is -0.379 e. The van der Waals surface area contributed by atoms with Crippen molar-refractivity contribution in [1.82, 2.24) is 5.32 Å². The van der Waals surface area contributed by atoms with Gasteiger partial charge in [-0.05, 0) is 53.1 Å². The Kier molecular flexibility index (Phi) is 7.71. The molecule has 0 saturated heterocycles. The zero-order valence-corrected chi connectivity index (χ0v) is 13.5. The number of anilines is 1. The summed E-state index contributed by atoms with van der Waals surface area (Å²) < 4.78 is 0.0795. The van der Waals surface area contributed by atoms with E-state index in [0.717, 1.165) is 17.7 Å². The van der Waals surface area contributed by atoms with Crippen LogP contribution in [0.15, 0.2) is 24.3 Å². The lowest BCUT2D eigenvalue weighted by atomic mass is 10.1. The number of nitrogens with one attached hydrogen (secondary N) is 2. The molecule has 3 N–H and O–H groups in total. The predicted molar refractivity (Wildman–Crippen MR) is 86.7 cm³/mol. The van der Waals surface area contributed by atoms with Crippen LogP contribution in [0, 0.1) is 0 Å². The number of hydrogen-bond donors (Lipinski definition) is 3. The number of benzene rings is 1. The van der Waals surface area contributed by atoms with E-state index in [1.165, 1.54) is 6.92 Å². The Bertz CT molecular complexity index is 448. The van der Waals surface area contributed by atoms with E-state index in [1.54, 1.807) is 22.6 Å². The number of carbonyl (C=O) groups is 2.